The van der Waals surface area contributed by atoms with Gasteiger partial charge in [0.05, 0.1) is 27.1 Å². The predicted octanol–water partition coefficient (Wildman–Crippen LogP) is 5.87. The number of carboxylic acid groups (broad SMARTS) is 1. The zero-order valence-electron chi connectivity index (χ0n) is 17.6. The van der Waals surface area contributed by atoms with Crippen LogP contribution in [0.5, 0.6) is 0 Å². The summed E-state index contributed by atoms with van der Waals surface area (Å²) in [7, 11) is 0. The zero-order valence-corrected chi connectivity index (χ0v) is 18.4. The third-order valence-corrected chi connectivity index (χ3v) is 6.45. The maximum absolute atomic E-state index is 14.8. The largest absolute Gasteiger partial charge is 0.478 e. The first-order chi connectivity index (χ1) is 16.5. The SMILES string of the molecule is O=C(O)c1ccc(-c2nn(C(=O)c3c(Cl)cccc3C3(C(F)(F)F)CC3)c3cccnc23)c(F)c1. The van der Waals surface area contributed by atoms with E-state index >= 15 is 0 Å². The topological polar surface area (TPSA) is 85.1 Å². The van der Waals surface area contributed by atoms with Gasteiger partial charge in [0, 0.05) is 11.8 Å². The van der Waals surface area contributed by atoms with Crippen LogP contribution in [0.25, 0.3) is 22.3 Å². The number of nitrogens with zero attached hydrogens (tertiary/aromatic N) is 3. The van der Waals surface area contributed by atoms with Crippen LogP contribution >= 0.6 is 11.6 Å². The predicted molar refractivity (Wildman–Crippen MR) is 118 cm³/mol. The molecule has 0 spiro atoms. The monoisotopic (exact) mass is 503 g/mol. The van der Waals surface area contributed by atoms with Crippen molar-refractivity contribution >= 4 is 34.5 Å². The minimum atomic E-state index is -4.58. The van der Waals surface area contributed by atoms with Gasteiger partial charge in [-0.2, -0.15) is 23.0 Å². The lowest BCUT2D eigenvalue weighted by atomic mass is 9.90. The fourth-order valence-corrected chi connectivity index (χ4v) is 4.46. The first kappa shape index (κ1) is 23.0. The Balaban J connectivity index is 1.70. The third kappa shape index (κ3) is 3.56. The minimum absolute atomic E-state index is 0.0750. The van der Waals surface area contributed by atoms with Crippen LogP contribution in [0, 0.1) is 5.82 Å². The molecule has 0 bridgehead atoms. The Morgan fingerprint density at radius 3 is 2.46 bits per heavy atom. The van der Waals surface area contributed by atoms with Crippen molar-refractivity contribution in [2.45, 2.75) is 24.4 Å². The van der Waals surface area contributed by atoms with Crippen LogP contribution in [-0.2, 0) is 5.41 Å². The molecule has 0 unspecified atom stereocenters. The molecule has 1 N–H and O–H groups in total. The quantitative estimate of drug-likeness (QED) is 0.352. The Morgan fingerprint density at radius 2 is 1.83 bits per heavy atom. The molecule has 6 nitrogen and oxygen atoms in total. The number of hydrogen-bond acceptors (Lipinski definition) is 4. The first-order valence-electron chi connectivity index (χ1n) is 10.3. The van der Waals surface area contributed by atoms with Gasteiger partial charge in [-0.05, 0) is 54.8 Å². The Kier molecular flexibility index (Phi) is 5.17. The van der Waals surface area contributed by atoms with E-state index in [1.54, 1.807) is 0 Å². The highest BCUT2D eigenvalue weighted by molar-refractivity contribution is 6.34. The summed E-state index contributed by atoms with van der Waals surface area (Å²) in [5.41, 5.74) is -3.02. The van der Waals surface area contributed by atoms with Gasteiger partial charge >= 0.3 is 12.1 Å². The van der Waals surface area contributed by atoms with Crippen molar-refractivity contribution in [2.24, 2.45) is 0 Å². The van der Waals surface area contributed by atoms with E-state index in [1.165, 1.54) is 48.7 Å². The number of carboxylic acids is 1. The first-order valence-corrected chi connectivity index (χ1v) is 10.7. The van der Waals surface area contributed by atoms with Gasteiger partial charge in [-0.1, -0.05) is 23.7 Å². The number of aromatic carboxylic acids is 1. The molecular formula is C24H14ClF4N3O3. The number of aromatic nitrogens is 3. The molecule has 1 fully saturated rings. The Labute approximate surface area is 199 Å². The summed E-state index contributed by atoms with van der Waals surface area (Å²) in [5.74, 6) is -3.17. The van der Waals surface area contributed by atoms with E-state index in [0.717, 1.165) is 10.7 Å². The number of carbonyl (C=O) groups is 2. The molecule has 1 aliphatic carbocycles. The van der Waals surface area contributed by atoms with Crippen LogP contribution in [0.1, 0.15) is 39.1 Å². The zero-order chi connectivity index (χ0) is 25.1. The number of benzene rings is 2. The maximum Gasteiger partial charge on any atom is 0.398 e. The van der Waals surface area contributed by atoms with Crippen molar-refractivity contribution in [3.63, 3.8) is 0 Å². The molecule has 2 aromatic carbocycles. The highest BCUT2D eigenvalue weighted by Gasteiger charge is 2.65. The number of pyridine rings is 1. The summed E-state index contributed by atoms with van der Waals surface area (Å²) in [5, 5.41) is 13.1. The van der Waals surface area contributed by atoms with Crippen LogP contribution in [-0.4, -0.2) is 37.9 Å². The van der Waals surface area contributed by atoms with Crippen molar-refractivity contribution in [3.05, 3.63) is 82.3 Å². The normalized spacial score (nSPS) is 14.8. The molecule has 0 atom stereocenters. The number of alkyl halides is 3. The van der Waals surface area contributed by atoms with E-state index in [2.05, 4.69) is 10.1 Å². The number of halogens is 5. The lowest BCUT2D eigenvalue weighted by molar-refractivity contribution is -0.160. The smallest absolute Gasteiger partial charge is 0.398 e. The minimum Gasteiger partial charge on any atom is -0.478 e. The van der Waals surface area contributed by atoms with Crippen molar-refractivity contribution in [3.8, 4) is 11.3 Å². The Morgan fingerprint density at radius 1 is 1.09 bits per heavy atom. The molecule has 2 heterocycles. The van der Waals surface area contributed by atoms with Gasteiger partial charge in [0.15, 0.2) is 0 Å². The van der Waals surface area contributed by atoms with E-state index in [4.69, 9.17) is 16.7 Å². The molecule has 2 aromatic heterocycles. The molecule has 35 heavy (non-hydrogen) atoms. The molecule has 5 rings (SSSR count). The van der Waals surface area contributed by atoms with Gasteiger partial charge < -0.3 is 5.11 Å². The molecule has 0 radical (unpaired) electrons. The number of fused-ring (bicyclic) bond motifs is 1. The summed E-state index contributed by atoms with van der Waals surface area (Å²) in [6.07, 6.45) is -3.55. The summed E-state index contributed by atoms with van der Waals surface area (Å²) in [6.45, 7) is 0. The van der Waals surface area contributed by atoms with Crippen molar-refractivity contribution in [1.29, 1.82) is 0 Å². The van der Waals surface area contributed by atoms with Crippen LogP contribution in [0.2, 0.25) is 5.02 Å². The highest BCUT2D eigenvalue weighted by atomic mass is 35.5. The second-order valence-electron chi connectivity index (χ2n) is 8.18. The highest BCUT2D eigenvalue weighted by Crippen LogP contribution is 2.60. The maximum atomic E-state index is 14.8. The van der Waals surface area contributed by atoms with Gasteiger partial charge in [-0.25, -0.2) is 9.18 Å². The molecule has 11 heteroatoms. The Hall–Kier alpha value is -3.79. The van der Waals surface area contributed by atoms with Crippen LogP contribution < -0.4 is 0 Å². The van der Waals surface area contributed by atoms with Gasteiger partial charge in [0.25, 0.3) is 5.91 Å². The molecular weight excluding hydrogens is 490 g/mol. The molecule has 0 amide bonds. The molecule has 4 aromatic rings. The summed E-state index contributed by atoms with van der Waals surface area (Å²) in [4.78, 5) is 28.9. The lowest BCUT2D eigenvalue weighted by Gasteiger charge is -2.22. The number of hydrogen-bond donors (Lipinski definition) is 1. The fraction of sp³-hybridized carbons (Fsp3) is 0.167. The average Bonchev–Trinajstić information content (AvgIpc) is 3.55. The van der Waals surface area contributed by atoms with Crippen molar-refractivity contribution in [2.75, 3.05) is 0 Å². The second-order valence-corrected chi connectivity index (χ2v) is 8.59. The van der Waals surface area contributed by atoms with E-state index in [9.17, 15) is 27.2 Å². The van der Waals surface area contributed by atoms with Crippen LogP contribution in [0.15, 0.2) is 54.7 Å². The van der Waals surface area contributed by atoms with Crippen LogP contribution in [0.4, 0.5) is 17.6 Å². The van der Waals surface area contributed by atoms with Crippen molar-refractivity contribution < 1.29 is 32.3 Å². The molecule has 0 saturated heterocycles. The van der Waals surface area contributed by atoms with E-state index in [-0.39, 0.29) is 56.8 Å². The fourth-order valence-electron chi connectivity index (χ4n) is 4.20. The van der Waals surface area contributed by atoms with Gasteiger partial charge in [0.2, 0.25) is 0 Å². The van der Waals surface area contributed by atoms with Crippen LogP contribution in [0.3, 0.4) is 0 Å². The standard InChI is InChI=1S/C24H14ClF4N3O3/c25-15-4-1-3-14(23(8-9-23)24(27,28)29)18(15)21(33)32-17-5-2-10-30-20(17)19(31-32)13-7-6-12(22(34)35)11-16(13)26/h1-7,10-11H,8-9H2,(H,34,35). The summed E-state index contributed by atoms with van der Waals surface area (Å²) in [6, 6.07) is 10.0. The van der Waals surface area contributed by atoms with Gasteiger partial charge in [-0.3, -0.25) is 9.78 Å². The van der Waals surface area contributed by atoms with Crippen molar-refractivity contribution in [1.82, 2.24) is 14.8 Å². The summed E-state index contributed by atoms with van der Waals surface area (Å²) < 4.78 is 57.4. The molecule has 1 saturated carbocycles. The molecule has 1 aliphatic rings. The Bertz CT molecular complexity index is 1530. The molecule has 0 aliphatic heterocycles. The molecule has 178 valence electrons. The lowest BCUT2D eigenvalue weighted by Crippen LogP contribution is -2.31. The third-order valence-electron chi connectivity index (χ3n) is 6.14. The number of carbonyl (C=O) groups excluding carboxylic acids is 1. The van der Waals surface area contributed by atoms with E-state index in [0.29, 0.717) is 0 Å². The number of rotatable bonds is 4. The summed E-state index contributed by atoms with van der Waals surface area (Å²) >= 11 is 6.24. The average molecular weight is 504 g/mol. The van der Waals surface area contributed by atoms with Gasteiger partial charge in [-0.15, -0.1) is 0 Å². The van der Waals surface area contributed by atoms with E-state index in [1.807, 2.05) is 0 Å². The second kappa shape index (κ2) is 7.88. The van der Waals surface area contributed by atoms with Gasteiger partial charge in [0.1, 0.15) is 17.0 Å². The van der Waals surface area contributed by atoms with E-state index < -0.39 is 29.3 Å².